The highest BCUT2D eigenvalue weighted by molar-refractivity contribution is 7.14. The number of amides is 1. The van der Waals surface area contributed by atoms with Crippen molar-refractivity contribution in [3.05, 3.63) is 17.0 Å². The zero-order valence-electron chi connectivity index (χ0n) is 9.19. The summed E-state index contributed by atoms with van der Waals surface area (Å²) in [5.41, 5.74) is 5.90. The quantitative estimate of drug-likeness (QED) is 0.821. The lowest BCUT2D eigenvalue weighted by atomic mass is 10.1. The van der Waals surface area contributed by atoms with Crippen molar-refractivity contribution < 1.29 is 4.79 Å². The standard InChI is InChI=1S/C11H15N3OS/c1-8(3-2-5-12)10(15)14-11-9(7-13)4-6-16-11/h4,6,8H,2-3,5,12H2,1H3,(H,14,15). The molecule has 1 heterocycles. The molecule has 86 valence electrons. The van der Waals surface area contributed by atoms with Gasteiger partial charge in [-0.2, -0.15) is 5.26 Å². The lowest BCUT2D eigenvalue weighted by molar-refractivity contribution is -0.119. The predicted octanol–water partition coefficient (Wildman–Crippen LogP) is 1.93. The summed E-state index contributed by atoms with van der Waals surface area (Å²) in [6, 6.07) is 3.74. The summed E-state index contributed by atoms with van der Waals surface area (Å²) in [5.74, 6) is -0.121. The van der Waals surface area contributed by atoms with Gasteiger partial charge in [0.15, 0.2) is 0 Å². The molecule has 0 aliphatic heterocycles. The first-order chi connectivity index (χ1) is 7.69. The molecule has 1 rings (SSSR count). The molecule has 0 radical (unpaired) electrons. The second-order valence-electron chi connectivity index (χ2n) is 3.60. The van der Waals surface area contributed by atoms with Crippen molar-refractivity contribution in [3.63, 3.8) is 0 Å². The molecule has 1 aromatic heterocycles. The fraction of sp³-hybridized carbons (Fsp3) is 0.455. The van der Waals surface area contributed by atoms with Crippen LogP contribution in [0.4, 0.5) is 5.00 Å². The number of nitrogens with two attached hydrogens (primary N) is 1. The second kappa shape index (κ2) is 6.26. The Morgan fingerprint density at radius 3 is 3.12 bits per heavy atom. The number of anilines is 1. The molecular formula is C11H15N3OS. The minimum absolute atomic E-state index is 0.0487. The Morgan fingerprint density at radius 1 is 1.75 bits per heavy atom. The monoisotopic (exact) mass is 237 g/mol. The van der Waals surface area contributed by atoms with Gasteiger partial charge < -0.3 is 11.1 Å². The van der Waals surface area contributed by atoms with Gasteiger partial charge in [0.1, 0.15) is 11.1 Å². The van der Waals surface area contributed by atoms with Crippen LogP contribution >= 0.6 is 11.3 Å². The number of nitrogens with one attached hydrogen (secondary N) is 1. The molecule has 1 amide bonds. The van der Waals surface area contributed by atoms with Crippen molar-refractivity contribution in [2.45, 2.75) is 19.8 Å². The van der Waals surface area contributed by atoms with Crippen LogP contribution in [0.15, 0.2) is 11.4 Å². The van der Waals surface area contributed by atoms with Crippen molar-refractivity contribution in [2.24, 2.45) is 11.7 Å². The minimum Gasteiger partial charge on any atom is -0.330 e. The Hall–Kier alpha value is -1.38. The summed E-state index contributed by atoms with van der Waals surface area (Å²) >= 11 is 1.36. The van der Waals surface area contributed by atoms with Crippen molar-refractivity contribution >= 4 is 22.2 Å². The first kappa shape index (κ1) is 12.7. The van der Waals surface area contributed by atoms with Crippen LogP contribution in [0, 0.1) is 17.2 Å². The molecule has 5 heteroatoms. The maximum Gasteiger partial charge on any atom is 0.227 e. The van der Waals surface area contributed by atoms with Crippen molar-refractivity contribution in [2.75, 3.05) is 11.9 Å². The highest BCUT2D eigenvalue weighted by Crippen LogP contribution is 2.23. The van der Waals surface area contributed by atoms with Crippen LogP contribution in [-0.2, 0) is 4.79 Å². The number of nitriles is 1. The maximum atomic E-state index is 11.7. The molecule has 16 heavy (non-hydrogen) atoms. The van der Waals surface area contributed by atoms with Crippen LogP contribution in [0.2, 0.25) is 0 Å². The summed E-state index contributed by atoms with van der Waals surface area (Å²) in [4.78, 5) is 11.7. The van der Waals surface area contributed by atoms with Gasteiger partial charge in [0.05, 0.1) is 5.56 Å². The average molecular weight is 237 g/mol. The van der Waals surface area contributed by atoms with E-state index in [4.69, 9.17) is 11.0 Å². The van der Waals surface area contributed by atoms with Crippen LogP contribution in [0.1, 0.15) is 25.3 Å². The first-order valence-electron chi connectivity index (χ1n) is 5.17. The molecule has 0 aromatic carbocycles. The molecule has 0 aliphatic carbocycles. The minimum atomic E-state index is -0.0720. The second-order valence-corrected chi connectivity index (χ2v) is 4.51. The molecule has 1 atom stereocenters. The fourth-order valence-electron chi connectivity index (χ4n) is 1.28. The molecule has 0 saturated carbocycles. The zero-order valence-corrected chi connectivity index (χ0v) is 10.0. The average Bonchev–Trinajstić information content (AvgIpc) is 2.72. The Kier molecular flexibility index (Phi) is 4.96. The number of carbonyl (C=O) groups excluding carboxylic acids is 1. The number of nitrogens with zero attached hydrogens (tertiary/aromatic N) is 1. The molecule has 0 aliphatic rings. The topological polar surface area (TPSA) is 78.9 Å². The first-order valence-corrected chi connectivity index (χ1v) is 6.05. The summed E-state index contributed by atoms with van der Waals surface area (Å²) in [6.07, 6.45) is 1.61. The van der Waals surface area contributed by atoms with Gasteiger partial charge in [-0.25, -0.2) is 0 Å². The highest BCUT2D eigenvalue weighted by Gasteiger charge is 2.14. The van der Waals surface area contributed by atoms with Crippen LogP contribution in [0.25, 0.3) is 0 Å². The third-order valence-corrected chi connectivity index (χ3v) is 3.14. The summed E-state index contributed by atoms with van der Waals surface area (Å²) in [7, 11) is 0. The van der Waals surface area contributed by atoms with Gasteiger partial charge in [0.2, 0.25) is 5.91 Å². The number of carbonyl (C=O) groups is 1. The van der Waals surface area contributed by atoms with E-state index in [1.807, 2.05) is 13.0 Å². The van der Waals surface area contributed by atoms with Gasteiger partial charge >= 0.3 is 0 Å². The largest absolute Gasteiger partial charge is 0.330 e. The number of rotatable bonds is 5. The Balaban J connectivity index is 2.54. The molecule has 0 saturated heterocycles. The van der Waals surface area contributed by atoms with Gasteiger partial charge in [-0.15, -0.1) is 11.3 Å². The van der Waals surface area contributed by atoms with Crippen LogP contribution in [0.5, 0.6) is 0 Å². The van der Waals surface area contributed by atoms with Gasteiger partial charge in [-0.05, 0) is 30.8 Å². The van der Waals surface area contributed by atoms with Crippen LogP contribution in [-0.4, -0.2) is 12.5 Å². The Bertz CT molecular complexity index is 394. The molecule has 0 fully saturated rings. The van der Waals surface area contributed by atoms with E-state index in [1.165, 1.54) is 11.3 Å². The van der Waals surface area contributed by atoms with E-state index in [2.05, 4.69) is 5.32 Å². The van der Waals surface area contributed by atoms with Crippen LogP contribution in [0.3, 0.4) is 0 Å². The van der Waals surface area contributed by atoms with Gasteiger partial charge in [0.25, 0.3) is 0 Å². The Morgan fingerprint density at radius 2 is 2.50 bits per heavy atom. The van der Waals surface area contributed by atoms with E-state index in [9.17, 15) is 4.79 Å². The highest BCUT2D eigenvalue weighted by atomic mass is 32.1. The maximum absolute atomic E-state index is 11.7. The molecule has 4 nitrogen and oxygen atoms in total. The third-order valence-electron chi connectivity index (χ3n) is 2.31. The van der Waals surface area contributed by atoms with Gasteiger partial charge in [0, 0.05) is 5.92 Å². The SMILES string of the molecule is CC(CCCN)C(=O)Nc1sccc1C#N. The predicted molar refractivity (Wildman–Crippen MR) is 65.1 cm³/mol. The molecule has 1 unspecified atom stereocenters. The lowest BCUT2D eigenvalue weighted by Crippen LogP contribution is -2.21. The molecular weight excluding hydrogens is 222 g/mol. The number of thiophene rings is 1. The van der Waals surface area contributed by atoms with Crippen molar-refractivity contribution in [1.82, 2.24) is 0 Å². The lowest BCUT2D eigenvalue weighted by Gasteiger charge is -2.10. The van der Waals surface area contributed by atoms with Gasteiger partial charge in [-0.1, -0.05) is 6.92 Å². The van der Waals surface area contributed by atoms with E-state index in [0.29, 0.717) is 17.1 Å². The summed E-state index contributed by atoms with van der Waals surface area (Å²) in [6.45, 7) is 2.46. The molecule has 0 spiro atoms. The molecule has 3 N–H and O–H groups in total. The zero-order chi connectivity index (χ0) is 12.0. The van der Waals surface area contributed by atoms with E-state index >= 15 is 0 Å². The normalized spacial score (nSPS) is 11.8. The third kappa shape index (κ3) is 3.33. The number of hydrogen-bond donors (Lipinski definition) is 2. The van der Waals surface area contributed by atoms with E-state index in [1.54, 1.807) is 11.4 Å². The van der Waals surface area contributed by atoms with Crippen molar-refractivity contribution in [3.8, 4) is 6.07 Å². The van der Waals surface area contributed by atoms with Crippen LogP contribution < -0.4 is 11.1 Å². The van der Waals surface area contributed by atoms with E-state index < -0.39 is 0 Å². The molecule has 1 aromatic rings. The van der Waals surface area contributed by atoms with E-state index in [-0.39, 0.29) is 11.8 Å². The summed E-state index contributed by atoms with van der Waals surface area (Å²) in [5, 5.41) is 14.0. The van der Waals surface area contributed by atoms with E-state index in [0.717, 1.165) is 12.8 Å². The smallest absolute Gasteiger partial charge is 0.227 e. The van der Waals surface area contributed by atoms with Crippen molar-refractivity contribution in [1.29, 1.82) is 5.26 Å². The number of hydrogen-bond acceptors (Lipinski definition) is 4. The Labute approximate surface area is 99.1 Å². The molecule has 0 bridgehead atoms. The summed E-state index contributed by atoms with van der Waals surface area (Å²) < 4.78 is 0. The van der Waals surface area contributed by atoms with Gasteiger partial charge in [-0.3, -0.25) is 4.79 Å². The fourth-order valence-corrected chi connectivity index (χ4v) is 2.02.